The van der Waals surface area contributed by atoms with Crippen molar-refractivity contribution in [3.05, 3.63) is 23.9 Å². The van der Waals surface area contributed by atoms with Crippen molar-refractivity contribution in [3.63, 3.8) is 0 Å². The van der Waals surface area contributed by atoms with Crippen LogP contribution in [0.5, 0.6) is 5.88 Å². The number of pyridine rings is 1. The van der Waals surface area contributed by atoms with Crippen LogP contribution in [0, 0.1) is 5.92 Å². The zero-order chi connectivity index (χ0) is 16.6. The summed E-state index contributed by atoms with van der Waals surface area (Å²) in [5.41, 5.74) is 0.750. The summed E-state index contributed by atoms with van der Waals surface area (Å²) in [5, 5.41) is 6.22. The van der Waals surface area contributed by atoms with E-state index >= 15 is 0 Å². The number of rotatable bonds is 6. The molecule has 0 saturated carbocycles. The van der Waals surface area contributed by atoms with Gasteiger partial charge in [0.05, 0.1) is 0 Å². The lowest BCUT2D eigenvalue weighted by molar-refractivity contribution is -0.154. The molecule has 0 fully saturated rings. The van der Waals surface area contributed by atoms with Gasteiger partial charge in [0, 0.05) is 32.4 Å². The Bertz CT molecular complexity index is 495. The van der Waals surface area contributed by atoms with E-state index < -0.39 is 12.8 Å². The van der Waals surface area contributed by atoms with Crippen molar-refractivity contribution in [2.24, 2.45) is 10.9 Å². The maximum atomic E-state index is 12.1. The third-order valence-electron chi connectivity index (χ3n) is 2.54. The molecule has 0 spiro atoms. The number of aliphatic imine (C=N–C) groups is 1. The highest BCUT2D eigenvalue weighted by atomic mass is 127. The second-order valence-corrected chi connectivity index (χ2v) is 5.11. The third-order valence-corrected chi connectivity index (χ3v) is 2.54. The Morgan fingerprint density at radius 2 is 2.04 bits per heavy atom. The van der Waals surface area contributed by atoms with Gasteiger partial charge in [0.15, 0.2) is 12.6 Å². The molecule has 0 amide bonds. The first-order chi connectivity index (χ1) is 10.3. The Labute approximate surface area is 151 Å². The Hall–Kier alpha value is -1.26. The molecule has 23 heavy (non-hydrogen) atoms. The number of hydrogen-bond donors (Lipinski definition) is 2. The van der Waals surface area contributed by atoms with Crippen molar-refractivity contribution in [2.45, 2.75) is 26.6 Å². The van der Waals surface area contributed by atoms with Gasteiger partial charge in [0.2, 0.25) is 5.88 Å². The van der Waals surface area contributed by atoms with E-state index in [4.69, 9.17) is 0 Å². The van der Waals surface area contributed by atoms with Crippen molar-refractivity contribution in [1.82, 2.24) is 15.6 Å². The first kappa shape index (κ1) is 21.7. The van der Waals surface area contributed by atoms with Gasteiger partial charge in [-0.1, -0.05) is 13.8 Å². The van der Waals surface area contributed by atoms with E-state index in [-0.39, 0.29) is 29.9 Å². The van der Waals surface area contributed by atoms with Gasteiger partial charge < -0.3 is 15.4 Å². The van der Waals surface area contributed by atoms with Gasteiger partial charge in [0.25, 0.3) is 0 Å². The third kappa shape index (κ3) is 10.2. The number of nitrogens with one attached hydrogen (secondary N) is 2. The normalized spacial score (nSPS) is 11.9. The topological polar surface area (TPSA) is 58.5 Å². The van der Waals surface area contributed by atoms with Crippen LogP contribution in [0.15, 0.2) is 23.3 Å². The summed E-state index contributed by atoms with van der Waals surface area (Å²) in [7, 11) is 1.65. The van der Waals surface area contributed by atoms with Crippen LogP contribution in [0.2, 0.25) is 0 Å². The lowest BCUT2D eigenvalue weighted by Gasteiger charge is -2.14. The van der Waals surface area contributed by atoms with Crippen LogP contribution in [0.3, 0.4) is 0 Å². The molecule has 0 atom stereocenters. The van der Waals surface area contributed by atoms with Crippen LogP contribution in [-0.4, -0.2) is 37.3 Å². The molecule has 5 nitrogen and oxygen atoms in total. The van der Waals surface area contributed by atoms with Crippen molar-refractivity contribution in [3.8, 4) is 5.88 Å². The average Bonchev–Trinajstić information content (AvgIpc) is 2.45. The van der Waals surface area contributed by atoms with E-state index in [0.717, 1.165) is 12.1 Å². The Morgan fingerprint density at radius 3 is 2.61 bits per heavy atom. The smallest absolute Gasteiger partial charge is 0.422 e. The fourth-order valence-corrected chi connectivity index (χ4v) is 1.50. The molecular formula is C14H22F3IN4O. The van der Waals surface area contributed by atoms with Gasteiger partial charge in [0.1, 0.15) is 0 Å². The number of alkyl halides is 3. The molecule has 0 unspecified atom stereocenters. The van der Waals surface area contributed by atoms with Crippen LogP contribution in [0.25, 0.3) is 0 Å². The van der Waals surface area contributed by atoms with Gasteiger partial charge in [-0.15, -0.1) is 24.0 Å². The minimum Gasteiger partial charge on any atom is -0.468 e. The number of guanidine groups is 1. The van der Waals surface area contributed by atoms with E-state index in [2.05, 4.69) is 39.2 Å². The van der Waals surface area contributed by atoms with Crippen LogP contribution < -0.4 is 15.4 Å². The lowest BCUT2D eigenvalue weighted by atomic mass is 10.2. The number of ether oxygens (including phenoxy) is 1. The fraction of sp³-hybridized carbons (Fsp3) is 0.571. The molecule has 1 aromatic rings. The van der Waals surface area contributed by atoms with Crippen molar-refractivity contribution < 1.29 is 17.9 Å². The summed E-state index contributed by atoms with van der Waals surface area (Å²) in [6.45, 7) is 3.98. The summed E-state index contributed by atoms with van der Waals surface area (Å²) < 4.78 is 40.9. The number of halogens is 4. The van der Waals surface area contributed by atoms with Crippen LogP contribution in [-0.2, 0) is 6.54 Å². The molecule has 0 aliphatic heterocycles. The maximum absolute atomic E-state index is 12.1. The molecular weight excluding hydrogens is 424 g/mol. The van der Waals surface area contributed by atoms with Crippen molar-refractivity contribution in [2.75, 3.05) is 20.2 Å². The second-order valence-electron chi connectivity index (χ2n) is 5.11. The van der Waals surface area contributed by atoms with Gasteiger partial charge in [-0.2, -0.15) is 13.2 Å². The van der Waals surface area contributed by atoms with Crippen LogP contribution in [0.4, 0.5) is 13.2 Å². The molecule has 0 aromatic carbocycles. The number of aromatic nitrogens is 1. The Morgan fingerprint density at radius 1 is 1.35 bits per heavy atom. The molecule has 1 heterocycles. The molecule has 1 rings (SSSR count). The molecule has 0 radical (unpaired) electrons. The monoisotopic (exact) mass is 446 g/mol. The first-order valence-electron chi connectivity index (χ1n) is 6.89. The van der Waals surface area contributed by atoms with E-state index in [1.54, 1.807) is 13.1 Å². The predicted octanol–water partition coefficient (Wildman–Crippen LogP) is 2.96. The van der Waals surface area contributed by atoms with Gasteiger partial charge in [-0.3, -0.25) is 4.99 Å². The van der Waals surface area contributed by atoms with Crippen LogP contribution in [0.1, 0.15) is 19.4 Å². The van der Waals surface area contributed by atoms with Crippen molar-refractivity contribution >= 4 is 29.9 Å². The maximum Gasteiger partial charge on any atom is 0.422 e. The van der Waals surface area contributed by atoms with Gasteiger partial charge in [-0.05, 0) is 17.5 Å². The molecule has 132 valence electrons. The molecule has 2 N–H and O–H groups in total. The standard InChI is InChI=1S/C14H21F3N4O.HI/c1-10(2)7-20-13(18-3)21-8-11-4-5-19-12(6-11)22-9-14(15,16)17;/h4-6,10H,7-9H2,1-3H3,(H2,18,20,21);1H. The predicted molar refractivity (Wildman–Crippen MR) is 94.2 cm³/mol. The Kier molecular flexibility index (Phi) is 9.93. The fourth-order valence-electron chi connectivity index (χ4n) is 1.50. The van der Waals surface area contributed by atoms with E-state index in [1.165, 1.54) is 12.3 Å². The highest BCUT2D eigenvalue weighted by Gasteiger charge is 2.28. The largest absolute Gasteiger partial charge is 0.468 e. The summed E-state index contributed by atoms with van der Waals surface area (Å²) in [6, 6.07) is 3.16. The molecule has 1 aromatic heterocycles. The highest BCUT2D eigenvalue weighted by molar-refractivity contribution is 14.0. The van der Waals surface area contributed by atoms with E-state index in [0.29, 0.717) is 18.4 Å². The summed E-state index contributed by atoms with van der Waals surface area (Å²) in [5.74, 6) is 1.05. The quantitative estimate of drug-likeness (QED) is 0.401. The van der Waals surface area contributed by atoms with Crippen molar-refractivity contribution in [1.29, 1.82) is 0 Å². The number of nitrogens with zero attached hydrogens (tertiary/aromatic N) is 2. The van der Waals surface area contributed by atoms with Gasteiger partial charge >= 0.3 is 6.18 Å². The summed E-state index contributed by atoms with van der Waals surface area (Å²) >= 11 is 0. The molecule has 0 aliphatic carbocycles. The SMILES string of the molecule is CN=C(NCc1ccnc(OCC(F)(F)F)c1)NCC(C)C.I. The second kappa shape index (κ2) is 10.5. The number of hydrogen-bond acceptors (Lipinski definition) is 3. The van der Waals surface area contributed by atoms with Crippen LogP contribution >= 0.6 is 24.0 Å². The van der Waals surface area contributed by atoms with E-state index in [9.17, 15) is 13.2 Å². The lowest BCUT2D eigenvalue weighted by Crippen LogP contribution is -2.38. The minimum atomic E-state index is -4.38. The zero-order valence-corrected chi connectivity index (χ0v) is 15.6. The zero-order valence-electron chi connectivity index (χ0n) is 13.3. The van der Waals surface area contributed by atoms with E-state index in [1.807, 2.05) is 0 Å². The average molecular weight is 446 g/mol. The molecule has 0 aliphatic rings. The molecule has 0 bridgehead atoms. The Balaban J connectivity index is 0.00000484. The summed E-state index contributed by atoms with van der Waals surface area (Å²) in [6.07, 6.45) is -2.97. The minimum absolute atomic E-state index is 0. The highest BCUT2D eigenvalue weighted by Crippen LogP contribution is 2.17. The summed E-state index contributed by atoms with van der Waals surface area (Å²) in [4.78, 5) is 7.82. The molecule has 0 saturated heterocycles. The first-order valence-corrected chi connectivity index (χ1v) is 6.89. The molecule has 9 heteroatoms. The van der Waals surface area contributed by atoms with Gasteiger partial charge in [-0.25, -0.2) is 4.98 Å².